The molecule has 1 rings (SSSR count). The molecule has 0 saturated carbocycles. The third-order valence-electron chi connectivity index (χ3n) is 1.45. The summed E-state index contributed by atoms with van der Waals surface area (Å²) in [5.41, 5.74) is 7.36. The number of nitrogens with two attached hydrogens (primary N) is 1. The van der Waals surface area contributed by atoms with E-state index in [0.29, 0.717) is 10.6 Å². The Morgan fingerprint density at radius 1 is 1.47 bits per heavy atom. The van der Waals surface area contributed by atoms with Crippen molar-refractivity contribution in [1.29, 1.82) is 0 Å². The zero-order valence-corrected chi connectivity index (χ0v) is 8.36. The SMILES string of the molecule is NC(=O)C(=O)N/N=C\c1cccc(Cl)c1. The Balaban J connectivity index is 2.59. The van der Waals surface area contributed by atoms with Gasteiger partial charge in [-0.3, -0.25) is 9.59 Å². The van der Waals surface area contributed by atoms with Gasteiger partial charge >= 0.3 is 11.8 Å². The van der Waals surface area contributed by atoms with Gasteiger partial charge in [-0.05, 0) is 17.7 Å². The number of nitrogens with zero attached hydrogens (tertiary/aromatic N) is 1. The molecule has 1 aromatic carbocycles. The van der Waals surface area contributed by atoms with E-state index < -0.39 is 11.8 Å². The molecule has 3 N–H and O–H groups in total. The third kappa shape index (κ3) is 3.78. The van der Waals surface area contributed by atoms with Gasteiger partial charge in [-0.2, -0.15) is 5.10 Å². The number of benzene rings is 1. The lowest BCUT2D eigenvalue weighted by Crippen LogP contribution is -2.32. The molecule has 0 aromatic heterocycles. The lowest BCUT2D eigenvalue weighted by atomic mass is 10.2. The lowest BCUT2D eigenvalue weighted by molar-refractivity contribution is -0.137. The number of hydrazone groups is 1. The maximum Gasteiger partial charge on any atom is 0.329 e. The van der Waals surface area contributed by atoms with Gasteiger partial charge < -0.3 is 5.73 Å². The molecule has 0 fully saturated rings. The van der Waals surface area contributed by atoms with Gasteiger partial charge in [0, 0.05) is 5.02 Å². The van der Waals surface area contributed by atoms with Gasteiger partial charge in [0.1, 0.15) is 0 Å². The van der Waals surface area contributed by atoms with Crippen LogP contribution in [-0.2, 0) is 9.59 Å². The second kappa shape index (κ2) is 5.11. The van der Waals surface area contributed by atoms with Gasteiger partial charge in [0.2, 0.25) is 0 Å². The fraction of sp³-hybridized carbons (Fsp3) is 0. The number of hydrogen-bond acceptors (Lipinski definition) is 3. The molecule has 0 aliphatic heterocycles. The highest BCUT2D eigenvalue weighted by Crippen LogP contribution is 2.08. The number of nitrogens with one attached hydrogen (secondary N) is 1. The van der Waals surface area contributed by atoms with Crippen LogP contribution in [0.2, 0.25) is 5.02 Å². The van der Waals surface area contributed by atoms with Crippen LogP contribution in [0.1, 0.15) is 5.56 Å². The standard InChI is InChI=1S/C9H8ClN3O2/c10-7-3-1-2-6(4-7)5-12-13-9(15)8(11)14/h1-5H,(H2,11,14)(H,13,15)/b12-5-. The van der Waals surface area contributed by atoms with E-state index in [1.54, 1.807) is 24.3 Å². The molecule has 0 radical (unpaired) electrons. The second-order valence-electron chi connectivity index (χ2n) is 2.62. The van der Waals surface area contributed by atoms with Gasteiger partial charge in [-0.15, -0.1) is 0 Å². The molecule has 0 spiro atoms. The van der Waals surface area contributed by atoms with E-state index >= 15 is 0 Å². The number of halogens is 1. The van der Waals surface area contributed by atoms with Crippen LogP contribution in [0.5, 0.6) is 0 Å². The Kier molecular flexibility index (Phi) is 3.82. The molecule has 0 atom stereocenters. The van der Waals surface area contributed by atoms with Gasteiger partial charge in [-0.1, -0.05) is 23.7 Å². The molecule has 0 aliphatic carbocycles. The highest BCUT2D eigenvalue weighted by atomic mass is 35.5. The fourth-order valence-electron chi connectivity index (χ4n) is 0.807. The van der Waals surface area contributed by atoms with Crippen molar-refractivity contribution in [3.8, 4) is 0 Å². The van der Waals surface area contributed by atoms with Crippen LogP contribution in [0.15, 0.2) is 29.4 Å². The zero-order chi connectivity index (χ0) is 11.3. The average molecular weight is 226 g/mol. The Hall–Kier alpha value is -1.88. The van der Waals surface area contributed by atoms with Gasteiger partial charge in [0.15, 0.2) is 0 Å². The van der Waals surface area contributed by atoms with E-state index in [9.17, 15) is 9.59 Å². The van der Waals surface area contributed by atoms with Crippen LogP contribution in [-0.4, -0.2) is 18.0 Å². The molecule has 0 aliphatic rings. The Morgan fingerprint density at radius 2 is 2.20 bits per heavy atom. The summed E-state index contributed by atoms with van der Waals surface area (Å²) in [6, 6.07) is 6.84. The number of rotatable bonds is 2. The second-order valence-corrected chi connectivity index (χ2v) is 3.05. The van der Waals surface area contributed by atoms with Gasteiger partial charge in [0.25, 0.3) is 0 Å². The average Bonchev–Trinajstić information content (AvgIpc) is 2.17. The summed E-state index contributed by atoms with van der Waals surface area (Å²) in [4.78, 5) is 21.0. The van der Waals surface area contributed by atoms with Crippen LogP contribution in [0.4, 0.5) is 0 Å². The largest absolute Gasteiger partial charge is 0.361 e. The predicted molar refractivity (Wildman–Crippen MR) is 56.4 cm³/mol. The third-order valence-corrected chi connectivity index (χ3v) is 1.69. The van der Waals surface area contributed by atoms with Crippen molar-refractivity contribution in [3.63, 3.8) is 0 Å². The first-order valence-electron chi connectivity index (χ1n) is 3.98. The molecule has 2 amide bonds. The van der Waals surface area contributed by atoms with Crippen LogP contribution in [0, 0.1) is 0 Å². The quantitative estimate of drug-likeness (QED) is 0.430. The first-order valence-corrected chi connectivity index (χ1v) is 4.36. The first-order chi connectivity index (χ1) is 7.09. The molecule has 1 aromatic rings. The lowest BCUT2D eigenvalue weighted by Gasteiger charge is -1.94. The van der Waals surface area contributed by atoms with E-state index in [4.69, 9.17) is 17.3 Å². The van der Waals surface area contributed by atoms with Gasteiger partial charge in [-0.25, -0.2) is 5.43 Å². The summed E-state index contributed by atoms with van der Waals surface area (Å²) in [5, 5.41) is 4.08. The Morgan fingerprint density at radius 3 is 2.80 bits per heavy atom. The van der Waals surface area contributed by atoms with Crippen molar-refractivity contribution in [2.24, 2.45) is 10.8 Å². The molecule has 5 nitrogen and oxygen atoms in total. The minimum atomic E-state index is -1.08. The van der Waals surface area contributed by atoms with Crippen molar-refractivity contribution in [2.75, 3.05) is 0 Å². The monoisotopic (exact) mass is 225 g/mol. The summed E-state index contributed by atoms with van der Waals surface area (Å²) in [6.45, 7) is 0. The summed E-state index contributed by atoms with van der Waals surface area (Å²) < 4.78 is 0. The highest BCUT2D eigenvalue weighted by molar-refractivity contribution is 6.34. The molecular formula is C9H8ClN3O2. The summed E-state index contributed by atoms with van der Waals surface area (Å²) in [7, 11) is 0. The van der Waals surface area contributed by atoms with Gasteiger partial charge in [0.05, 0.1) is 6.21 Å². The summed E-state index contributed by atoms with van der Waals surface area (Å²) in [6.07, 6.45) is 1.35. The molecule has 0 saturated heterocycles. The highest BCUT2D eigenvalue weighted by Gasteiger charge is 2.04. The molecule has 0 heterocycles. The van der Waals surface area contributed by atoms with Crippen LogP contribution < -0.4 is 11.2 Å². The molecule has 15 heavy (non-hydrogen) atoms. The first kappa shape index (κ1) is 11.2. The molecule has 6 heteroatoms. The molecular weight excluding hydrogens is 218 g/mol. The number of carbonyl (C=O) groups excluding carboxylic acids is 2. The maximum atomic E-state index is 10.7. The molecule has 78 valence electrons. The van der Waals surface area contributed by atoms with E-state index in [0.717, 1.165) is 0 Å². The van der Waals surface area contributed by atoms with Crippen molar-refractivity contribution >= 4 is 29.6 Å². The number of carbonyl (C=O) groups is 2. The fourth-order valence-corrected chi connectivity index (χ4v) is 1.01. The summed E-state index contributed by atoms with van der Waals surface area (Å²) in [5.74, 6) is -2.05. The predicted octanol–water partition coefficient (Wildman–Crippen LogP) is 0.275. The minimum absolute atomic E-state index is 0.556. The van der Waals surface area contributed by atoms with E-state index in [2.05, 4.69) is 5.10 Å². The molecule has 0 unspecified atom stereocenters. The topological polar surface area (TPSA) is 84.5 Å². The zero-order valence-electron chi connectivity index (χ0n) is 7.61. The minimum Gasteiger partial charge on any atom is -0.361 e. The normalized spacial score (nSPS) is 10.2. The van der Waals surface area contributed by atoms with E-state index in [1.165, 1.54) is 6.21 Å². The van der Waals surface area contributed by atoms with Crippen molar-refractivity contribution in [3.05, 3.63) is 34.9 Å². The van der Waals surface area contributed by atoms with Crippen molar-refractivity contribution < 1.29 is 9.59 Å². The Labute approximate surface area is 90.9 Å². The number of amides is 2. The van der Waals surface area contributed by atoms with Crippen molar-refractivity contribution in [1.82, 2.24) is 5.43 Å². The van der Waals surface area contributed by atoms with E-state index in [1.807, 2.05) is 5.43 Å². The van der Waals surface area contributed by atoms with Crippen LogP contribution >= 0.6 is 11.6 Å². The molecule has 0 bridgehead atoms. The van der Waals surface area contributed by atoms with Crippen LogP contribution in [0.3, 0.4) is 0 Å². The number of primary amides is 1. The Bertz CT molecular complexity index is 418. The van der Waals surface area contributed by atoms with E-state index in [-0.39, 0.29) is 0 Å². The van der Waals surface area contributed by atoms with Crippen molar-refractivity contribution in [2.45, 2.75) is 0 Å². The summed E-state index contributed by atoms with van der Waals surface area (Å²) >= 11 is 5.71. The van der Waals surface area contributed by atoms with Crippen LogP contribution in [0.25, 0.3) is 0 Å². The maximum absolute atomic E-state index is 10.7. The number of hydrogen-bond donors (Lipinski definition) is 2. The smallest absolute Gasteiger partial charge is 0.329 e.